The van der Waals surface area contributed by atoms with Crippen LogP contribution in [0.25, 0.3) is 0 Å². The van der Waals surface area contributed by atoms with Gasteiger partial charge in [0, 0.05) is 38.3 Å². The SMILES string of the molecule is CC(C)CC1CN(CCN(C)C)C(CC(C)C)CN1. The van der Waals surface area contributed by atoms with Crippen molar-refractivity contribution in [1.29, 1.82) is 0 Å². The van der Waals surface area contributed by atoms with E-state index < -0.39 is 0 Å². The van der Waals surface area contributed by atoms with Crippen LogP contribution in [0.3, 0.4) is 0 Å². The largest absolute Gasteiger partial charge is 0.311 e. The van der Waals surface area contributed by atoms with E-state index in [2.05, 4.69) is 56.9 Å². The van der Waals surface area contributed by atoms with Crippen LogP contribution in [0.4, 0.5) is 0 Å². The van der Waals surface area contributed by atoms with Crippen LogP contribution in [0.1, 0.15) is 40.5 Å². The summed E-state index contributed by atoms with van der Waals surface area (Å²) in [5.74, 6) is 1.57. The van der Waals surface area contributed by atoms with Gasteiger partial charge in [-0.05, 0) is 38.8 Å². The lowest BCUT2D eigenvalue weighted by molar-refractivity contribution is 0.0992. The standard InChI is InChI=1S/C16H35N3/c1-13(2)9-15-12-19(8-7-18(5)6)16(11-17-15)10-14(3)4/h13-17H,7-12H2,1-6H3. The Balaban J connectivity index is 2.52. The molecule has 2 atom stereocenters. The molecule has 3 heteroatoms. The average Bonchev–Trinajstić information content (AvgIpc) is 2.27. The first-order valence-corrected chi connectivity index (χ1v) is 8.00. The van der Waals surface area contributed by atoms with Crippen molar-refractivity contribution in [2.45, 2.75) is 52.6 Å². The van der Waals surface area contributed by atoms with Gasteiger partial charge in [-0.2, -0.15) is 0 Å². The molecule has 0 radical (unpaired) electrons. The fourth-order valence-corrected chi connectivity index (χ4v) is 3.03. The van der Waals surface area contributed by atoms with Gasteiger partial charge in [-0.25, -0.2) is 0 Å². The van der Waals surface area contributed by atoms with Gasteiger partial charge in [0.25, 0.3) is 0 Å². The van der Waals surface area contributed by atoms with Crippen molar-refractivity contribution in [1.82, 2.24) is 15.1 Å². The van der Waals surface area contributed by atoms with Crippen LogP contribution in [-0.2, 0) is 0 Å². The molecule has 0 aliphatic carbocycles. The van der Waals surface area contributed by atoms with Crippen molar-refractivity contribution < 1.29 is 0 Å². The van der Waals surface area contributed by atoms with E-state index in [0.717, 1.165) is 17.9 Å². The van der Waals surface area contributed by atoms with E-state index >= 15 is 0 Å². The molecule has 114 valence electrons. The topological polar surface area (TPSA) is 18.5 Å². The first kappa shape index (κ1) is 16.9. The molecule has 1 heterocycles. The van der Waals surface area contributed by atoms with Gasteiger partial charge in [0.2, 0.25) is 0 Å². The quantitative estimate of drug-likeness (QED) is 0.765. The van der Waals surface area contributed by atoms with E-state index in [9.17, 15) is 0 Å². The van der Waals surface area contributed by atoms with E-state index in [4.69, 9.17) is 0 Å². The van der Waals surface area contributed by atoms with Crippen molar-refractivity contribution in [2.75, 3.05) is 40.3 Å². The van der Waals surface area contributed by atoms with Crippen LogP contribution in [0.5, 0.6) is 0 Å². The molecule has 1 aliphatic heterocycles. The molecule has 1 fully saturated rings. The summed E-state index contributed by atoms with van der Waals surface area (Å²) in [5.41, 5.74) is 0. The molecule has 1 N–H and O–H groups in total. The molecule has 1 rings (SSSR count). The molecule has 0 amide bonds. The minimum atomic E-state index is 0.686. The van der Waals surface area contributed by atoms with Crippen molar-refractivity contribution in [2.24, 2.45) is 11.8 Å². The summed E-state index contributed by atoms with van der Waals surface area (Å²) in [6, 6.07) is 1.41. The Morgan fingerprint density at radius 3 is 2.26 bits per heavy atom. The molecule has 19 heavy (non-hydrogen) atoms. The zero-order valence-electron chi connectivity index (χ0n) is 13.9. The van der Waals surface area contributed by atoms with Crippen molar-refractivity contribution in [3.8, 4) is 0 Å². The minimum Gasteiger partial charge on any atom is -0.311 e. The molecule has 0 aromatic carbocycles. The predicted octanol–water partition coefficient (Wildman–Crippen LogP) is 2.28. The number of rotatable bonds is 7. The third-order valence-corrected chi connectivity index (χ3v) is 3.95. The molecule has 2 unspecified atom stereocenters. The maximum absolute atomic E-state index is 3.77. The molecule has 0 saturated carbocycles. The maximum Gasteiger partial charge on any atom is 0.0224 e. The first-order valence-electron chi connectivity index (χ1n) is 8.00. The number of hydrogen-bond acceptors (Lipinski definition) is 3. The van der Waals surface area contributed by atoms with Gasteiger partial charge in [0.05, 0.1) is 0 Å². The molecule has 0 aromatic heterocycles. The van der Waals surface area contributed by atoms with Crippen molar-refractivity contribution >= 4 is 0 Å². The lowest BCUT2D eigenvalue weighted by Gasteiger charge is -2.42. The Kier molecular flexibility index (Phi) is 7.33. The maximum atomic E-state index is 3.77. The molecule has 0 bridgehead atoms. The summed E-state index contributed by atoms with van der Waals surface area (Å²) in [5, 5.41) is 3.77. The molecule has 1 aliphatic rings. The Bertz CT molecular complexity index is 238. The summed E-state index contributed by atoms with van der Waals surface area (Å²) in [4.78, 5) is 5.02. The minimum absolute atomic E-state index is 0.686. The smallest absolute Gasteiger partial charge is 0.0224 e. The van der Waals surface area contributed by atoms with Crippen LogP contribution in [0.15, 0.2) is 0 Å². The number of piperazine rings is 1. The second-order valence-corrected chi connectivity index (χ2v) is 7.32. The number of hydrogen-bond donors (Lipinski definition) is 1. The van der Waals surface area contributed by atoms with E-state index in [1.54, 1.807) is 0 Å². The zero-order chi connectivity index (χ0) is 14.4. The van der Waals surface area contributed by atoms with Gasteiger partial charge in [-0.3, -0.25) is 4.90 Å². The third kappa shape index (κ3) is 6.73. The molecular formula is C16H35N3. The van der Waals surface area contributed by atoms with Gasteiger partial charge in [-0.1, -0.05) is 27.7 Å². The lowest BCUT2D eigenvalue weighted by Crippen LogP contribution is -2.58. The van der Waals surface area contributed by atoms with Crippen LogP contribution >= 0.6 is 0 Å². The highest BCUT2D eigenvalue weighted by molar-refractivity contribution is 4.87. The van der Waals surface area contributed by atoms with E-state index in [-0.39, 0.29) is 0 Å². The monoisotopic (exact) mass is 269 g/mol. The summed E-state index contributed by atoms with van der Waals surface area (Å²) in [7, 11) is 4.34. The predicted molar refractivity (Wildman–Crippen MR) is 84.6 cm³/mol. The van der Waals surface area contributed by atoms with E-state index in [0.29, 0.717) is 6.04 Å². The second kappa shape index (κ2) is 8.23. The number of nitrogens with one attached hydrogen (secondary N) is 1. The normalized spacial score (nSPS) is 25.7. The summed E-state index contributed by atoms with van der Waals surface area (Å²) >= 11 is 0. The van der Waals surface area contributed by atoms with Crippen LogP contribution in [-0.4, -0.2) is 62.2 Å². The fourth-order valence-electron chi connectivity index (χ4n) is 3.03. The van der Waals surface area contributed by atoms with Crippen LogP contribution in [0.2, 0.25) is 0 Å². The van der Waals surface area contributed by atoms with E-state index in [1.807, 2.05) is 0 Å². The summed E-state index contributed by atoms with van der Waals surface area (Å²) in [6.07, 6.45) is 2.61. The van der Waals surface area contributed by atoms with Crippen molar-refractivity contribution in [3.63, 3.8) is 0 Å². The Morgan fingerprint density at radius 2 is 1.74 bits per heavy atom. The lowest BCUT2D eigenvalue weighted by atomic mass is 9.95. The van der Waals surface area contributed by atoms with Gasteiger partial charge in [-0.15, -0.1) is 0 Å². The van der Waals surface area contributed by atoms with Gasteiger partial charge in [0.15, 0.2) is 0 Å². The molecule has 1 saturated heterocycles. The zero-order valence-corrected chi connectivity index (χ0v) is 13.9. The summed E-state index contributed by atoms with van der Waals surface area (Å²) < 4.78 is 0. The highest BCUT2D eigenvalue weighted by atomic mass is 15.2. The van der Waals surface area contributed by atoms with Crippen LogP contribution in [0, 0.1) is 11.8 Å². The molecule has 0 aromatic rings. The molecular weight excluding hydrogens is 234 g/mol. The second-order valence-electron chi connectivity index (χ2n) is 7.32. The van der Waals surface area contributed by atoms with E-state index in [1.165, 1.54) is 39.0 Å². The fraction of sp³-hybridized carbons (Fsp3) is 1.00. The van der Waals surface area contributed by atoms with Gasteiger partial charge >= 0.3 is 0 Å². The van der Waals surface area contributed by atoms with Crippen molar-refractivity contribution in [3.05, 3.63) is 0 Å². The first-order chi connectivity index (χ1) is 8.88. The van der Waals surface area contributed by atoms with Gasteiger partial charge < -0.3 is 10.2 Å². The third-order valence-electron chi connectivity index (χ3n) is 3.95. The average molecular weight is 269 g/mol. The number of nitrogens with zero attached hydrogens (tertiary/aromatic N) is 2. The Hall–Kier alpha value is -0.120. The summed E-state index contributed by atoms with van der Waals surface area (Å²) in [6.45, 7) is 14.1. The molecule has 0 spiro atoms. The van der Waals surface area contributed by atoms with Gasteiger partial charge in [0.1, 0.15) is 0 Å². The Labute approximate surface area is 120 Å². The number of likely N-dealkylation sites (N-methyl/N-ethyl adjacent to an activating group) is 1. The highest BCUT2D eigenvalue weighted by Crippen LogP contribution is 2.18. The Morgan fingerprint density at radius 1 is 1.11 bits per heavy atom. The molecule has 3 nitrogen and oxygen atoms in total. The van der Waals surface area contributed by atoms with Crippen LogP contribution < -0.4 is 5.32 Å². The highest BCUT2D eigenvalue weighted by Gasteiger charge is 2.28.